The fourth-order valence-electron chi connectivity index (χ4n) is 4.07. The van der Waals surface area contributed by atoms with Crippen LogP contribution in [0.25, 0.3) is 11.0 Å². The summed E-state index contributed by atoms with van der Waals surface area (Å²) in [5.41, 5.74) is 2.75. The number of para-hydroxylation sites is 2. The Morgan fingerprint density at radius 3 is 2.35 bits per heavy atom. The monoisotopic (exact) mass is 420 g/mol. The maximum atomic E-state index is 12.8. The predicted octanol–water partition coefficient (Wildman–Crippen LogP) is 6.23. The highest BCUT2D eigenvalue weighted by Gasteiger charge is 2.17. The molecule has 0 spiro atoms. The topological polar surface area (TPSA) is 51.0 Å². The van der Waals surface area contributed by atoms with E-state index in [4.69, 9.17) is 4.98 Å². The van der Waals surface area contributed by atoms with Gasteiger partial charge in [-0.3, -0.25) is 9.78 Å². The number of hydrogen-bond donors (Lipinski definition) is 0. The van der Waals surface area contributed by atoms with Gasteiger partial charge in [-0.1, -0.05) is 70.4 Å². The van der Waals surface area contributed by atoms with Crippen molar-refractivity contribution in [2.75, 3.05) is 7.05 Å². The van der Waals surface area contributed by atoms with E-state index in [1.165, 1.54) is 51.4 Å². The lowest BCUT2D eigenvalue weighted by Crippen LogP contribution is -2.27. The number of fused-ring (bicyclic) bond motifs is 1. The number of rotatable bonds is 13. The summed E-state index contributed by atoms with van der Waals surface area (Å²) in [6.07, 6.45) is 15.1. The highest BCUT2D eigenvalue weighted by atomic mass is 16.2. The van der Waals surface area contributed by atoms with Crippen molar-refractivity contribution >= 4 is 16.9 Å². The largest absolute Gasteiger partial charge is 0.334 e. The highest BCUT2D eigenvalue weighted by molar-refractivity contribution is 5.93. The minimum atomic E-state index is -0.0326. The molecule has 0 saturated heterocycles. The SMILES string of the molecule is CCCCCCCCCCCn1c(CN(C)C(=O)c2cccnc2)nc2ccccc21. The number of aromatic nitrogens is 3. The second kappa shape index (κ2) is 12.2. The number of amides is 1. The van der Waals surface area contributed by atoms with E-state index < -0.39 is 0 Å². The van der Waals surface area contributed by atoms with Crippen LogP contribution in [0.5, 0.6) is 0 Å². The molecule has 1 aromatic carbocycles. The van der Waals surface area contributed by atoms with Crippen LogP contribution in [0.4, 0.5) is 0 Å². The lowest BCUT2D eigenvalue weighted by molar-refractivity contribution is 0.0779. The van der Waals surface area contributed by atoms with Gasteiger partial charge in [-0.05, 0) is 30.7 Å². The van der Waals surface area contributed by atoms with E-state index in [0.717, 1.165) is 29.8 Å². The predicted molar refractivity (Wildman–Crippen MR) is 127 cm³/mol. The number of benzene rings is 1. The third-order valence-corrected chi connectivity index (χ3v) is 5.85. The first kappa shape index (κ1) is 23.0. The van der Waals surface area contributed by atoms with Crippen LogP contribution >= 0.6 is 0 Å². The Labute approximate surface area is 186 Å². The van der Waals surface area contributed by atoms with Gasteiger partial charge in [0, 0.05) is 26.0 Å². The Balaban J connectivity index is 1.58. The highest BCUT2D eigenvalue weighted by Crippen LogP contribution is 2.19. The molecule has 0 atom stereocenters. The number of imidazole rings is 1. The van der Waals surface area contributed by atoms with Crippen molar-refractivity contribution in [1.29, 1.82) is 0 Å². The third kappa shape index (κ3) is 6.65. The molecule has 0 fully saturated rings. The fraction of sp³-hybridized carbons (Fsp3) is 0.500. The Bertz CT molecular complexity index is 935. The third-order valence-electron chi connectivity index (χ3n) is 5.85. The molecule has 0 bridgehead atoms. The van der Waals surface area contributed by atoms with E-state index in [1.807, 2.05) is 13.1 Å². The molecule has 166 valence electrons. The number of carbonyl (C=O) groups is 1. The van der Waals surface area contributed by atoms with Gasteiger partial charge in [0.2, 0.25) is 0 Å². The first-order chi connectivity index (χ1) is 15.2. The van der Waals surface area contributed by atoms with Crippen LogP contribution in [0.1, 0.15) is 80.9 Å². The van der Waals surface area contributed by atoms with Crippen molar-refractivity contribution < 1.29 is 4.79 Å². The first-order valence-electron chi connectivity index (χ1n) is 11.8. The standard InChI is InChI=1S/C26H36N4O/c1-3-4-5-6-7-8-9-10-13-19-30-24-17-12-11-16-23(24)28-25(30)21-29(2)26(31)22-15-14-18-27-20-22/h11-12,14-18,20H,3-10,13,19,21H2,1-2H3. The van der Waals surface area contributed by atoms with Crippen LogP contribution < -0.4 is 0 Å². The Kier molecular flexibility index (Phi) is 9.07. The van der Waals surface area contributed by atoms with Gasteiger partial charge >= 0.3 is 0 Å². The zero-order chi connectivity index (χ0) is 21.9. The van der Waals surface area contributed by atoms with E-state index in [2.05, 4.69) is 34.7 Å². The maximum Gasteiger partial charge on any atom is 0.255 e. The molecule has 2 heterocycles. The quantitative estimate of drug-likeness (QED) is 0.308. The van der Waals surface area contributed by atoms with Crippen molar-refractivity contribution in [3.8, 4) is 0 Å². The summed E-state index contributed by atoms with van der Waals surface area (Å²) in [4.78, 5) is 23.4. The average molecular weight is 421 g/mol. The normalized spacial score (nSPS) is 11.2. The lowest BCUT2D eigenvalue weighted by Gasteiger charge is -2.18. The molecule has 2 aromatic heterocycles. The van der Waals surface area contributed by atoms with Crippen LogP contribution in [0.3, 0.4) is 0 Å². The number of carbonyl (C=O) groups excluding carboxylic acids is 1. The van der Waals surface area contributed by atoms with Crippen molar-refractivity contribution in [2.24, 2.45) is 0 Å². The molecule has 5 heteroatoms. The summed E-state index contributed by atoms with van der Waals surface area (Å²) >= 11 is 0. The van der Waals surface area contributed by atoms with Crippen LogP contribution in [-0.2, 0) is 13.1 Å². The van der Waals surface area contributed by atoms with Gasteiger partial charge in [-0.15, -0.1) is 0 Å². The summed E-state index contributed by atoms with van der Waals surface area (Å²) in [5, 5.41) is 0. The molecule has 3 rings (SSSR count). The van der Waals surface area contributed by atoms with E-state index in [1.54, 1.807) is 29.4 Å². The van der Waals surface area contributed by atoms with Crippen molar-refractivity contribution in [3.63, 3.8) is 0 Å². The van der Waals surface area contributed by atoms with Crippen molar-refractivity contribution in [1.82, 2.24) is 19.4 Å². The van der Waals surface area contributed by atoms with E-state index in [-0.39, 0.29) is 5.91 Å². The van der Waals surface area contributed by atoms with Crippen LogP contribution in [0.2, 0.25) is 0 Å². The number of hydrogen-bond acceptors (Lipinski definition) is 3. The van der Waals surface area contributed by atoms with Gasteiger partial charge in [0.05, 0.1) is 23.1 Å². The van der Waals surface area contributed by atoms with Gasteiger partial charge in [0.25, 0.3) is 5.91 Å². The van der Waals surface area contributed by atoms with Crippen LogP contribution in [0.15, 0.2) is 48.8 Å². The van der Waals surface area contributed by atoms with E-state index in [0.29, 0.717) is 12.1 Å². The number of pyridine rings is 1. The van der Waals surface area contributed by atoms with Crippen LogP contribution in [0, 0.1) is 0 Å². The molecule has 1 amide bonds. The number of nitrogens with zero attached hydrogens (tertiary/aromatic N) is 4. The molecular formula is C26H36N4O. The second-order valence-corrected chi connectivity index (χ2v) is 8.40. The molecule has 3 aromatic rings. The Hall–Kier alpha value is -2.69. The van der Waals surface area contributed by atoms with E-state index in [9.17, 15) is 4.79 Å². The minimum absolute atomic E-state index is 0.0326. The minimum Gasteiger partial charge on any atom is -0.334 e. The summed E-state index contributed by atoms with van der Waals surface area (Å²) in [6.45, 7) is 3.70. The molecule has 0 unspecified atom stereocenters. The van der Waals surface area contributed by atoms with Crippen molar-refractivity contribution in [3.05, 3.63) is 60.2 Å². The maximum absolute atomic E-state index is 12.8. The zero-order valence-electron chi connectivity index (χ0n) is 19.1. The van der Waals surface area contributed by atoms with Gasteiger partial charge in [0.15, 0.2) is 0 Å². The number of aryl methyl sites for hydroxylation is 1. The molecule has 0 aliphatic rings. The summed E-state index contributed by atoms with van der Waals surface area (Å²) in [6, 6.07) is 11.9. The van der Waals surface area contributed by atoms with Gasteiger partial charge in [-0.25, -0.2) is 4.98 Å². The molecule has 31 heavy (non-hydrogen) atoms. The fourth-order valence-corrected chi connectivity index (χ4v) is 4.07. The second-order valence-electron chi connectivity index (χ2n) is 8.40. The Morgan fingerprint density at radius 1 is 0.935 bits per heavy atom. The number of unbranched alkanes of at least 4 members (excludes halogenated alkanes) is 8. The molecular weight excluding hydrogens is 384 g/mol. The molecule has 0 saturated carbocycles. The van der Waals surface area contributed by atoms with Crippen LogP contribution in [-0.4, -0.2) is 32.4 Å². The molecule has 0 aliphatic carbocycles. The van der Waals surface area contributed by atoms with Gasteiger partial charge < -0.3 is 9.47 Å². The summed E-state index contributed by atoms with van der Waals surface area (Å²) in [5.74, 6) is 0.912. The Morgan fingerprint density at radius 2 is 1.65 bits per heavy atom. The average Bonchev–Trinajstić information content (AvgIpc) is 3.15. The van der Waals surface area contributed by atoms with Gasteiger partial charge in [0.1, 0.15) is 5.82 Å². The zero-order valence-corrected chi connectivity index (χ0v) is 19.1. The van der Waals surface area contributed by atoms with Crippen molar-refractivity contribution in [2.45, 2.75) is 77.8 Å². The molecule has 0 radical (unpaired) electrons. The summed E-state index contributed by atoms with van der Waals surface area (Å²) in [7, 11) is 1.83. The lowest BCUT2D eigenvalue weighted by atomic mass is 10.1. The first-order valence-corrected chi connectivity index (χ1v) is 11.8. The van der Waals surface area contributed by atoms with E-state index >= 15 is 0 Å². The summed E-state index contributed by atoms with van der Waals surface area (Å²) < 4.78 is 2.30. The smallest absolute Gasteiger partial charge is 0.255 e. The molecule has 0 N–H and O–H groups in total. The molecule has 0 aliphatic heterocycles. The molecule has 5 nitrogen and oxygen atoms in total. The van der Waals surface area contributed by atoms with Gasteiger partial charge in [-0.2, -0.15) is 0 Å².